The van der Waals surface area contributed by atoms with Crippen LogP contribution in [-0.2, 0) is 16.2 Å². The van der Waals surface area contributed by atoms with Gasteiger partial charge in [0.25, 0.3) is 5.91 Å². The largest absolute Gasteiger partial charge is 0.497 e. The highest BCUT2D eigenvalue weighted by Gasteiger charge is 2.30. The van der Waals surface area contributed by atoms with E-state index in [0.717, 1.165) is 5.56 Å². The van der Waals surface area contributed by atoms with Crippen molar-refractivity contribution in [3.63, 3.8) is 0 Å². The minimum atomic E-state index is -0.939. The van der Waals surface area contributed by atoms with Crippen molar-refractivity contribution in [1.82, 2.24) is 5.43 Å². The first kappa shape index (κ1) is 27.0. The van der Waals surface area contributed by atoms with E-state index in [2.05, 4.69) is 15.8 Å². The molecule has 0 fully saturated rings. The maximum Gasteiger partial charge on any atom is 0.252 e. The van der Waals surface area contributed by atoms with E-state index in [1.807, 2.05) is 18.2 Å². The maximum atomic E-state index is 12.8. The lowest BCUT2D eigenvalue weighted by molar-refractivity contribution is -0.134. The van der Waals surface area contributed by atoms with E-state index in [9.17, 15) is 9.59 Å². The SMILES string of the molecule is COc1ccc(NC(=O)C(C(=O)NN=Cc2ccccc2OCc2ccc(Cl)c(Cl)c2)C(C)C)cc1. The minimum Gasteiger partial charge on any atom is -0.497 e. The Morgan fingerprint density at radius 2 is 1.69 bits per heavy atom. The van der Waals surface area contributed by atoms with E-state index in [1.165, 1.54) is 6.21 Å². The van der Waals surface area contributed by atoms with Crippen LogP contribution < -0.4 is 20.2 Å². The number of carbonyl (C=O) groups excluding carboxylic acids is 2. The van der Waals surface area contributed by atoms with Gasteiger partial charge in [-0.3, -0.25) is 9.59 Å². The lowest BCUT2D eigenvalue weighted by Gasteiger charge is -2.18. The van der Waals surface area contributed by atoms with Gasteiger partial charge in [-0.2, -0.15) is 5.10 Å². The normalized spacial score (nSPS) is 11.8. The highest BCUT2D eigenvalue weighted by atomic mass is 35.5. The average molecular weight is 528 g/mol. The van der Waals surface area contributed by atoms with Crippen molar-refractivity contribution in [3.05, 3.63) is 87.9 Å². The van der Waals surface area contributed by atoms with Crippen molar-refractivity contribution in [2.75, 3.05) is 12.4 Å². The van der Waals surface area contributed by atoms with Gasteiger partial charge in [0.05, 0.1) is 23.4 Å². The van der Waals surface area contributed by atoms with E-state index >= 15 is 0 Å². The predicted molar refractivity (Wildman–Crippen MR) is 143 cm³/mol. The molecule has 188 valence electrons. The molecule has 0 aliphatic heterocycles. The summed E-state index contributed by atoms with van der Waals surface area (Å²) < 4.78 is 11.0. The summed E-state index contributed by atoms with van der Waals surface area (Å²) in [5.41, 5.74) is 4.55. The summed E-state index contributed by atoms with van der Waals surface area (Å²) in [6, 6.07) is 19.4. The Hall–Kier alpha value is -3.55. The molecule has 2 N–H and O–H groups in total. The summed E-state index contributed by atoms with van der Waals surface area (Å²) in [4.78, 5) is 25.6. The molecule has 0 spiro atoms. The molecule has 7 nitrogen and oxygen atoms in total. The van der Waals surface area contributed by atoms with E-state index < -0.39 is 17.7 Å². The predicted octanol–water partition coefficient (Wildman–Crippen LogP) is 5.94. The fourth-order valence-corrected chi connectivity index (χ4v) is 3.68. The molecule has 0 aromatic heterocycles. The third-order valence-electron chi connectivity index (χ3n) is 5.26. The van der Waals surface area contributed by atoms with Crippen LogP contribution in [0.3, 0.4) is 0 Å². The Balaban J connectivity index is 1.63. The van der Waals surface area contributed by atoms with Crippen molar-refractivity contribution in [3.8, 4) is 11.5 Å². The van der Waals surface area contributed by atoms with Crippen molar-refractivity contribution < 1.29 is 19.1 Å². The van der Waals surface area contributed by atoms with Gasteiger partial charge in [0.2, 0.25) is 5.91 Å². The third-order valence-corrected chi connectivity index (χ3v) is 6.00. The monoisotopic (exact) mass is 527 g/mol. The molecule has 0 aliphatic carbocycles. The van der Waals surface area contributed by atoms with E-state index in [-0.39, 0.29) is 12.5 Å². The van der Waals surface area contributed by atoms with Crippen LogP contribution in [0.5, 0.6) is 11.5 Å². The van der Waals surface area contributed by atoms with Crippen LogP contribution in [0.15, 0.2) is 71.8 Å². The van der Waals surface area contributed by atoms with Crippen LogP contribution in [0.25, 0.3) is 0 Å². The molecule has 3 rings (SSSR count). The molecule has 0 saturated carbocycles. The van der Waals surface area contributed by atoms with Gasteiger partial charge in [0, 0.05) is 11.3 Å². The second-order valence-corrected chi connectivity index (χ2v) is 9.06. The quantitative estimate of drug-likeness (QED) is 0.194. The Bertz CT molecular complexity index is 1230. The standard InChI is InChI=1S/C27H27Cl2N3O4/c1-17(2)25(26(33)31-20-9-11-21(35-3)12-10-20)27(34)32-30-15-19-6-4-5-7-24(19)36-16-18-8-13-22(28)23(29)14-18/h4-15,17,25H,16H2,1-3H3,(H,31,33)(H,32,34). The summed E-state index contributed by atoms with van der Waals surface area (Å²) in [6.07, 6.45) is 1.47. The number of para-hydroxylation sites is 1. The van der Waals surface area contributed by atoms with E-state index in [4.69, 9.17) is 32.7 Å². The summed E-state index contributed by atoms with van der Waals surface area (Å²) in [7, 11) is 1.56. The van der Waals surface area contributed by atoms with Crippen molar-refractivity contribution >= 4 is 46.9 Å². The van der Waals surface area contributed by atoms with Gasteiger partial charge < -0.3 is 14.8 Å². The first-order valence-electron chi connectivity index (χ1n) is 11.2. The molecule has 0 bridgehead atoms. The van der Waals surface area contributed by atoms with Gasteiger partial charge in [-0.15, -0.1) is 0 Å². The number of halogens is 2. The Labute approximate surface area is 220 Å². The van der Waals surface area contributed by atoms with Gasteiger partial charge in [-0.1, -0.05) is 55.2 Å². The second-order valence-electron chi connectivity index (χ2n) is 8.25. The smallest absolute Gasteiger partial charge is 0.252 e. The van der Waals surface area contributed by atoms with Crippen LogP contribution in [0, 0.1) is 11.8 Å². The summed E-state index contributed by atoms with van der Waals surface area (Å²) in [6.45, 7) is 3.87. The lowest BCUT2D eigenvalue weighted by Crippen LogP contribution is -2.39. The fraction of sp³-hybridized carbons (Fsp3) is 0.222. The van der Waals surface area contributed by atoms with Crippen LogP contribution in [-0.4, -0.2) is 25.1 Å². The van der Waals surface area contributed by atoms with E-state index in [0.29, 0.717) is 32.8 Å². The number of anilines is 1. The number of nitrogens with zero attached hydrogens (tertiary/aromatic N) is 1. The molecule has 0 heterocycles. The molecular weight excluding hydrogens is 501 g/mol. The zero-order valence-corrected chi connectivity index (χ0v) is 21.6. The molecule has 36 heavy (non-hydrogen) atoms. The average Bonchev–Trinajstić information content (AvgIpc) is 2.85. The number of methoxy groups -OCH3 is 1. The van der Waals surface area contributed by atoms with Crippen LogP contribution in [0.4, 0.5) is 5.69 Å². The van der Waals surface area contributed by atoms with Crippen molar-refractivity contribution in [2.24, 2.45) is 16.9 Å². The number of hydrogen-bond donors (Lipinski definition) is 2. The van der Waals surface area contributed by atoms with Crippen molar-refractivity contribution in [1.29, 1.82) is 0 Å². The highest BCUT2D eigenvalue weighted by Crippen LogP contribution is 2.24. The number of carbonyl (C=O) groups is 2. The highest BCUT2D eigenvalue weighted by molar-refractivity contribution is 6.42. The number of benzene rings is 3. The molecule has 1 atom stereocenters. The Kier molecular flexibility index (Phi) is 9.73. The summed E-state index contributed by atoms with van der Waals surface area (Å²) >= 11 is 12.0. The first-order valence-corrected chi connectivity index (χ1v) is 12.0. The first-order chi connectivity index (χ1) is 17.3. The van der Waals surface area contributed by atoms with Gasteiger partial charge in [0.1, 0.15) is 24.0 Å². The van der Waals surface area contributed by atoms with Crippen LogP contribution in [0.1, 0.15) is 25.0 Å². The Morgan fingerprint density at radius 3 is 2.36 bits per heavy atom. The summed E-state index contributed by atoms with van der Waals surface area (Å²) in [5.74, 6) is -0.888. The van der Waals surface area contributed by atoms with E-state index in [1.54, 1.807) is 69.5 Å². The topological polar surface area (TPSA) is 89.0 Å². The van der Waals surface area contributed by atoms with Crippen molar-refractivity contribution in [2.45, 2.75) is 20.5 Å². The number of amides is 2. The number of nitrogens with one attached hydrogen (secondary N) is 2. The van der Waals surface area contributed by atoms with Gasteiger partial charge in [-0.05, 0) is 60.0 Å². The zero-order valence-electron chi connectivity index (χ0n) is 20.1. The number of hydrogen-bond acceptors (Lipinski definition) is 5. The zero-order chi connectivity index (χ0) is 26.1. The molecule has 0 saturated heterocycles. The van der Waals surface area contributed by atoms with Gasteiger partial charge >= 0.3 is 0 Å². The summed E-state index contributed by atoms with van der Waals surface area (Å²) in [5, 5.41) is 7.75. The molecule has 2 amide bonds. The molecule has 1 unspecified atom stereocenters. The fourth-order valence-electron chi connectivity index (χ4n) is 3.36. The molecular formula is C27H27Cl2N3O4. The molecule has 3 aromatic rings. The van der Waals surface area contributed by atoms with Gasteiger partial charge in [-0.25, -0.2) is 5.43 Å². The molecule has 3 aromatic carbocycles. The molecule has 0 aliphatic rings. The maximum absolute atomic E-state index is 12.8. The number of hydrazone groups is 1. The molecule has 0 radical (unpaired) electrons. The number of rotatable bonds is 10. The lowest BCUT2D eigenvalue weighted by atomic mass is 9.94. The Morgan fingerprint density at radius 1 is 0.972 bits per heavy atom. The number of ether oxygens (including phenoxy) is 2. The molecule has 9 heteroatoms. The van der Waals surface area contributed by atoms with Crippen LogP contribution >= 0.6 is 23.2 Å². The minimum absolute atomic E-state index is 0.250. The third kappa shape index (κ3) is 7.47. The second kappa shape index (κ2) is 13.0. The van der Waals surface area contributed by atoms with Crippen LogP contribution in [0.2, 0.25) is 10.0 Å². The van der Waals surface area contributed by atoms with Gasteiger partial charge in [0.15, 0.2) is 0 Å².